The molecular weight excluding hydrogens is 299 g/mol. The molecule has 0 saturated heterocycles. The summed E-state index contributed by atoms with van der Waals surface area (Å²) in [4.78, 5) is 22.8. The Labute approximate surface area is 123 Å². The average molecular weight is 309 g/mol. The second-order valence-corrected chi connectivity index (χ2v) is 4.51. The smallest absolute Gasteiger partial charge is 0.335 e. The Hall–Kier alpha value is -2.83. The Morgan fingerprint density at radius 2 is 1.73 bits per heavy atom. The van der Waals surface area contributed by atoms with Crippen LogP contribution in [-0.4, -0.2) is 17.0 Å². The highest BCUT2D eigenvalue weighted by Crippen LogP contribution is 2.20. The highest BCUT2D eigenvalue weighted by molar-refractivity contribution is 6.05. The molecule has 2 aromatic rings. The third kappa shape index (κ3) is 2.93. The van der Waals surface area contributed by atoms with E-state index in [4.69, 9.17) is 5.11 Å². The van der Waals surface area contributed by atoms with Crippen LogP contribution >= 0.6 is 0 Å². The van der Waals surface area contributed by atoms with Gasteiger partial charge in [0.15, 0.2) is 17.5 Å². The fourth-order valence-electron chi connectivity index (χ4n) is 1.78. The van der Waals surface area contributed by atoms with Crippen LogP contribution in [-0.2, 0) is 0 Å². The number of carboxylic acid groups (broad SMARTS) is 1. The van der Waals surface area contributed by atoms with Crippen LogP contribution in [0.2, 0.25) is 0 Å². The number of anilines is 1. The molecule has 4 nitrogen and oxygen atoms in total. The lowest BCUT2D eigenvalue weighted by Crippen LogP contribution is -2.16. The first-order valence-corrected chi connectivity index (χ1v) is 6.10. The maximum absolute atomic E-state index is 13.6. The summed E-state index contributed by atoms with van der Waals surface area (Å²) in [5.74, 6) is -6.97. The minimum Gasteiger partial charge on any atom is -0.478 e. The molecule has 2 N–H and O–H groups in total. The zero-order valence-electron chi connectivity index (χ0n) is 11.3. The summed E-state index contributed by atoms with van der Waals surface area (Å²) in [6, 6.07) is 5.42. The van der Waals surface area contributed by atoms with E-state index >= 15 is 0 Å². The van der Waals surface area contributed by atoms with Gasteiger partial charge >= 0.3 is 5.97 Å². The van der Waals surface area contributed by atoms with E-state index in [2.05, 4.69) is 5.32 Å². The van der Waals surface area contributed by atoms with Crippen LogP contribution in [0.1, 0.15) is 26.3 Å². The van der Waals surface area contributed by atoms with Crippen molar-refractivity contribution in [2.75, 3.05) is 5.32 Å². The first-order chi connectivity index (χ1) is 10.3. The van der Waals surface area contributed by atoms with Crippen molar-refractivity contribution in [1.29, 1.82) is 0 Å². The molecular formula is C15H10F3NO3. The molecule has 0 radical (unpaired) electrons. The number of rotatable bonds is 3. The van der Waals surface area contributed by atoms with Crippen LogP contribution in [0.15, 0.2) is 30.3 Å². The molecule has 2 aromatic carbocycles. The summed E-state index contributed by atoms with van der Waals surface area (Å²) in [6.07, 6.45) is 0. The number of carboxylic acids is 1. The minimum atomic E-state index is -1.75. The third-order valence-electron chi connectivity index (χ3n) is 3.01. The molecule has 0 fully saturated rings. The van der Waals surface area contributed by atoms with Crippen LogP contribution in [0.5, 0.6) is 0 Å². The molecule has 0 aliphatic heterocycles. The van der Waals surface area contributed by atoms with Gasteiger partial charge in [-0.25, -0.2) is 18.0 Å². The quantitative estimate of drug-likeness (QED) is 0.854. The third-order valence-corrected chi connectivity index (χ3v) is 3.01. The average Bonchev–Trinajstić information content (AvgIpc) is 2.46. The van der Waals surface area contributed by atoms with Gasteiger partial charge in [-0.2, -0.15) is 0 Å². The van der Waals surface area contributed by atoms with E-state index in [0.717, 1.165) is 6.07 Å². The number of benzene rings is 2. The Morgan fingerprint density at radius 1 is 1.05 bits per heavy atom. The fourth-order valence-corrected chi connectivity index (χ4v) is 1.78. The number of hydrogen-bond donors (Lipinski definition) is 2. The zero-order valence-corrected chi connectivity index (χ0v) is 11.3. The molecule has 0 heterocycles. The molecule has 22 heavy (non-hydrogen) atoms. The summed E-state index contributed by atoms with van der Waals surface area (Å²) in [5, 5.41) is 11.2. The number of aryl methyl sites for hydroxylation is 1. The first-order valence-electron chi connectivity index (χ1n) is 6.10. The van der Waals surface area contributed by atoms with Crippen molar-refractivity contribution in [3.05, 3.63) is 64.5 Å². The second-order valence-electron chi connectivity index (χ2n) is 4.51. The summed E-state index contributed by atoms with van der Waals surface area (Å²) in [6.45, 7) is 1.60. The van der Waals surface area contributed by atoms with Crippen LogP contribution in [0, 0.1) is 24.4 Å². The molecule has 0 atom stereocenters. The number of carbonyl (C=O) groups is 2. The van der Waals surface area contributed by atoms with E-state index in [1.165, 1.54) is 18.2 Å². The number of aromatic carboxylic acids is 1. The van der Waals surface area contributed by atoms with Gasteiger partial charge in [0.25, 0.3) is 5.91 Å². The van der Waals surface area contributed by atoms with Gasteiger partial charge in [-0.1, -0.05) is 6.07 Å². The molecule has 0 spiro atoms. The summed E-state index contributed by atoms with van der Waals surface area (Å²) < 4.78 is 39.5. The standard InChI is InChI=1S/C15H10F3NO3/c1-7-2-3-8(15(21)22)6-11(7)19-14(20)9-4-5-10(16)13(18)12(9)17/h2-6H,1H3,(H,19,20)(H,21,22). The van der Waals surface area contributed by atoms with Gasteiger partial charge in [-0.3, -0.25) is 4.79 Å². The highest BCUT2D eigenvalue weighted by atomic mass is 19.2. The normalized spacial score (nSPS) is 10.4. The van der Waals surface area contributed by atoms with Crippen molar-refractivity contribution in [2.24, 2.45) is 0 Å². The fraction of sp³-hybridized carbons (Fsp3) is 0.0667. The van der Waals surface area contributed by atoms with Gasteiger partial charge in [-0.05, 0) is 36.8 Å². The first kappa shape index (κ1) is 15.6. The van der Waals surface area contributed by atoms with E-state index in [9.17, 15) is 22.8 Å². The molecule has 0 aromatic heterocycles. The number of hydrogen-bond acceptors (Lipinski definition) is 2. The number of halogens is 3. The molecule has 0 unspecified atom stereocenters. The van der Waals surface area contributed by atoms with Gasteiger partial charge in [0, 0.05) is 5.69 Å². The van der Waals surface area contributed by atoms with E-state index in [0.29, 0.717) is 11.6 Å². The predicted octanol–water partition coefficient (Wildman–Crippen LogP) is 3.36. The lowest BCUT2D eigenvalue weighted by Gasteiger charge is -2.10. The number of amides is 1. The summed E-state index contributed by atoms with van der Waals surface area (Å²) in [5.41, 5.74) is -0.0962. The van der Waals surface area contributed by atoms with E-state index < -0.39 is 34.9 Å². The van der Waals surface area contributed by atoms with Crippen molar-refractivity contribution in [1.82, 2.24) is 0 Å². The molecule has 1 amide bonds. The van der Waals surface area contributed by atoms with Crippen molar-refractivity contribution >= 4 is 17.6 Å². The van der Waals surface area contributed by atoms with Gasteiger partial charge in [0.2, 0.25) is 0 Å². The Balaban J connectivity index is 2.35. The molecule has 114 valence electrons. The topological polar surface area (TPSA) is 66.4 Å². The van der Waals surface area contributed by atoms with Crippen LogP contribution in [0.3, 0.4) is 0 Å². The predicted molar refractivity (Wildman–Crippen MR) is 72.4 cm³/mol. The van der Waals surface area contributed by atoms with E-state index in [-0.39, 0.29) is 11.3 Å². The van der Waals surface area contributed by atoms with Gasteiger partial charge in [-0.15, -0.1) is 0 Å². The van der Waals surface area contributed by atoms with Gasteiger partial charge in [0.05, 0.1) is 11.1 Å². The molecule has 0 aliphatic rings. The number of carbonyl (C=O) groups excluding carboxylic acids is 1. The SMILES string of the molecule is Cc1ccc(C(=O)O)cc1NC(=O)c1ccc(F)c(F)c1F. The van der Waals surface area contributed by atoms with E-state index in [1.54, 1.807) is 6.92 Å². The van der Waals surface area contributed by atoms with Gasteiger partial charge in [0.1, 0.15) is 0 Å². The Morgan fingerprint density at radius 3 is 2.36 bits per heavy atom. The minimum absolute atomic E-state index is 0.0772. The largest absolute Gasteiger partial charge is 0.478 e. The van der Waals surface area contributed by atoms with E-state index in [1.807, 2.05) is 0 Å². The second kappa shape index (κ2) is 5.88. The molecule has 0 saturated carbocycles. The summed E-state index contributed by atoms with van der Waals surface area (Å²) >= 11 is 0. The van der Waals surface area contributed by atoms with Crippen LogP contribution < -0.4 is 5.32 Å². The van der Waals surface area contributed by atoms with Crippen molar-refractivity contribution in [3.8, 4) is 0 Å². The molecule has 0 aliphatic carbocycles. The molecule has 2 rings (SSSR count). The van der Waals surface area contributed by atoms with Crippen molar-refractivity contribution < 1.29 is 27.9 Å². The molecule has 7 heteroatoms. The molecule has 0 bridgehead atoms. The maximum Gasteiger partial charge on any atom is 0.335 e. The van der Waals surface area contributed by atoms with Crippen molar-refractivity contribution in [3.63, 3.8) is 0 Å². The Bertz CT molecular complexity index is 775. The van der Waals surface area contributed by atoms with Crippen molar-refractivity contribution in [2.45, 2.75) is 6.92 Å². The Kier molecular flexibility index (Phi) is 4.16. The van der Waals surface area contributed by atoms with Crippen LogP contribution in [0.25, 0.3) is 0 Å². The zero-order chi connectivity index (χ0) is 16.4. The lowest BCUT2D eigenvalue weighted by atomic mass is 10.1. The highest BCUT2D eigenvalue weighted by Gasteiger charge is 2.19. The monoisotopic (exact) mass is 309 g/mol. The van der Waals surface area contributed by atoms with Gasteiger partial charge < -0.3 is 10.4 Å². The van der Waals surface area contributed by atoms with Crippen LogP contribution in [0.4, 0.5) is 18.9 Å². The lowest BCUT2D eigenvalue weighted by molar-refractivity contribution is 0.0696. The summed E-state index contributed by atoms with van der Waals surface area (Å²) in [7, 11) is 0. The maximum atomic E-state index is 13.6. The number of nitrogens with one attached hydrogen (secondary N) is 1.